The molecule has 1 saturated carbocycles. The molecule has 3 heterocycles. The van der Waals surface area contributed by atoms with Crippen molar-refractivity contribution in [2.24, 2.45) is 4.99 Å². The lowest BCUT2D eigenvalue weighted by Crippen LogP contribution is -2.53. The summed E-state index contributed by atoms with van der Waals surface area (Å²) in [6.07, 6.45) is 9.74. The zero-order valence-electron chi connectivity index (χ0n) is 15.9. The van der Waals surface area contributed by atoms with Crippen molar-refractivity contribution in [3.63, 3.8) is 0 Å². The van der Waals surface area contributed by atoms with Gasteiger partial charge in [-0.1, -0.05) is 25.3 Å². The summed E-state index contributed by atoms with van der Waals surface area (Å²) in [5.74, 6) is 3.22. The van der Waals surface area contributed by atoms with Crippen molar-refractivity contribution < 1.29 is 0 Å². The molecular formula is C19H29IN6S. The molecule has 0 aromatic carbocycles. The van der Waals surface area contributed by atoms with Crippen LogP contribution in [0.4, 0.5) is 0 Å². The second kappa shape index (κ2) is 9.45. The second-order valence-electron chi connectivity index (χ2n) is 7.28. The van der Waals surface area contributed by atoms with E-state index in [2.05, 4.69) is 41.6 Å². The number of thioether (sulfide) groups is 1. The van der Waals surface area contributed by atoms with E-state index in [9.17, 15) is 0 Å². The van der Waals surface area contributed by atoms with Crippen molar-refractivity contribution in [1.82, 2.24) is 24.8 Å². The first-order chi connectivity index (χ1) is 12.8. The number of rotatable bonds is 3. The highest BCUT2D eigenvalue weighted by atomic mass is 127. The predicted molar refractivity (Wildman–Crippen MR) is 123 cm³/mol. The van der Waals surface area contributed by atoms with Gasteiger partial charge in [0.25, 0.3) is 0 Å². The summed E-state index contributed by atoms with van der Waals surface area (Å²) < 4.78 is 2.51. The normalized spacial score (nSPS) is 19.9. The van der Waals surface area contributed by atoms with Crippen LogP contribution in [-0.4, -0.2) is 62.6 Å². The van der Waals surface area contributed by atoms with Crippen LogP contribution in [0.5, 0.6) is 0 Å². The molecule has 1 saturated heterocycles. The van der Waals surface area contributed by atoms with Gasteiger partial charge < -0.3 is 10.2 Å². The number of hydrogen-bond acceptors (Lipinski definition) is 4. The average Bonchev–Trinajstić information content (AvgIpc) is 3.09. The number of aliphatic imine (C=N–C) groups is 1. The number of halogens is 1. The van der Waals surface area contributed by atoms with E-state index in [1.165, 1.54) is 37.9 Å². The van der Waals surface area contributed by atoms with E-state index < -0.39 is 0 Å². The number of fused-ring (bicyclic) bond motifs is 1. The van der Waals surface area contributed by atoms with Gasteiger partial charge in [0.1, 0.15) is 5.82 Å². The molecule has 148 valence electrons. The Morgan fingerprint density at radius 3 is 2.93 bits per heavy atom. The molecule has 1 spiro atoms. The fraction of sp³-hybridized carbons (Fsp3) is 0.632. The fourth-order valence-corrected chi connectivity index (χ4v) is 5.77. The van der Waals surface area contributed by atoms with Gasteiger partial charge >= 0.3 is 0 Å². The topological polar surface area (TPSA) is 57.8 Å². The number of aromatic nitrogens is 3. The van der Waals surface area contributed by atoms with E-state index in [-0.39, 0.29) is 24.0 Å². The van der Waals surface area contributed by atoms with E-state index in [4.69, 9.17) is 0 Å². The van der Waals surface area contributed by atoms with Crippen LogP contribution >= 0.6 is 35.7 Å². The molecule has 8 heteroatoms. The Balaban J connectivity index is 0.00000210. The van der Waals surface area contributed by atoms with E-state index in [1.807, 2.05) is 31.4 Å². The average molecular weight is 500 g/mol. The summed E-state index contributed by atoms with van der Waals surface area (Å²) in [6, 6.07) is 5.99. The lowest BCUT2D eigenvalue weighted by molar-refractivity contribution is 0.293. The van der Waals surface area contributed by atoms with Gasteiger partial charge in [0.05, 0.1) is 0 Å². The minimum atomic E-state index is 0. The third kappa shape index (κ3) is 4.70. The highest BCUT2D eigenvalue weighted by Gasteiger charge is 2.38. The van der Waals surface area contributed by atoms with Gasteiger partial charge in [-0.25, -0.2) is 0 Å². The molecule has 1 N–H and O–H groups in total. The summed E-state index contributed by atoms with van der Waals surface area (Å²) in [5, 5.41) is 12.1. The van der Waals surface area contributed by atoms with Crippen LogP contribution in [-0.2, 0) is 6.42 Å². The first-order valence-corrected chi connectivity index (χ1v) is 10.7. The molecule has 2 fully saturated rings. The van der Waals surface area contributed by atoms with Crippen LogP contribution in [0, 0.1) is 0 Å². The van der Waals surface area contributed by atoms with Gasteiger partial charge in [-0.05, 0) is 25.0 Å². The lowest BCUT2D eigenvalue weighted by atomic mass is 9.87. The zero-order chi connectivity index (χ0) is 17.8. The van der Waals surface area contributed by atoms with Crippen LogP contribution in [0.3, 0.4) is 0 Å². The van der Waals surface area contributed by atoms with E-state index in [0.717, 1.165) is 43.5 Å². The molecule has 4 rings (SSSR count). The Bertz CT molecular complexity index is 765. The maximum Gasteiger partial charge on any atom is 0.193 e. The number of pyridine rings is 1. The Kier molecular flexibility index (Phi) is 7.24. The standard InChI is InChI=1S/C19H28N6S.HI/c1-20-18(24-13-14-26-19(15-24)9-4-2-5-10-19)21-11-8-17-23-22-16-7-3-6-12-25(16)17;/h3,6-7,12H,2,4-5,8-11,13-15H2,1H3,(H,20,21);1H. The summed E-state index contributed by atoms with van der Waals surface area (Å²) in [6.45, 7) is 3.03. The molecule has 0 unspecified atom stereocenters. The van der Waals surface area contributed by atoms with E-state index >= 15 is 0 Å². The minimum Gasteiger partial charge on any atom is -0.356 e. The van der Waals surface area contributed by atoms with Crippen molar-refractivity contribution in [1.29, 1.82) is 0 Å². The third-order valence-corrected chi connectivity index (χ3v) is 7.08. The summed E-state index contributed by atoms with van der Waals surface area (Å²) >= 11 is 2.20. The molecule has 0 radical (unpaired) electrons. The van der Waals surface area contributed by atoms with Crippen LogP contribution in [0.15, 0.2) is 29.4 Å². The minimum absolute atomic E-state index is 0. The SMILES string of the molecule is CN=C(NCCc1nnc2ccccn12)N1CCSC2(CCCCC2)C1.I. The number of hydrogen-bond donors (Lipinski definition) is 1. The molecular weight excluding hydrogens is 471 g/mol. The number of nitrogens with one attached hydrogen (secondary N) is 1. The molecule has 0 atom stereocenters. The quantitative estimate of drug-likeness (QED) is 0.399. The molecule has 27 heavy (non-hydrogen) atoms. The fourth-order valence-electron chi connectivity index (χ4n) is 4.20. The predicted octanol–water partition coefficient (Wildman–Crippen LogP) is 3.22. The van der Waals surface area contributed by atoms with Crippen LogP contribution < -0.4 is 5.32 Å². The van der Waals surface area contributed by atoms with Crippen molar-refractivity contribution in [2.45, 2.75) is 43.3 Å². The molecule has 1 aliphatic heterocycles. The number of nitrogens with zero attached hydrogens (tertiary/aromatic N) is 5. The van der Waals surface area contributed by atoms with Crippen molar-refractivity contribution >= 4 is 47.3 Å². The number of guanidine groups is 1. The Hall–Kier alpha value is -1.03. The lowest BCUT2D eigenvalue weighted by Gasteiger charge is -2.45. The maximum absolute atomic E-state index is 4.55. The Labute approximate surface area is 182 Å². The molecule has 6 nitrogen and oxygen atoms in total. The van der Waals surface area contributed by atoms with Crippen molar-refractivity contribution in [2.75, 3.05) is 32.4 Å². The Morgan fingerprint density at radius 1 is 1.26 bits per heavy atom. The molecule has 2 aliphatic rings. The monoisotopic (exact) mass is 500 g/mol. The van der Waals surface area contributed by atoms with Gasteiger partial charge in [0, 0.05) is 49.8 Å². The third-order valence-electron chi connectivity index (χ3n) is 5.54. The van der Waals surface area contributed by atoms with Crippen LogP contribution in [0.25, 0.3) is 5.65 Å². The van der Waals surface area contributed by atoms with Crippen LogP contribution in [0.1, 0.15) is 37.9 Å². The summed E-state index contributed by atoms with van der Waals surface area (Å²) in [7, 11) is 1.89. The van der Waals surface area contributed by atoms with Gasteiger partial charge in [-0.3, -0.25) is 9.39 Å². The van der Waals surface area contributed by atoms with Gasteiger partial charge in [0.2, 0.25) is 0 Å². The maximum atomic E-state index is 4.55. The Morgan fingerprint density at radius 2 is 2.11 bits per heavy atom. The van der Waals surface area contributed by atoms with Gasteiger partial charge in [-0.2, -0.15) is 11.8 Å². The summed E-state index contributed by atoms with van der Waals surface area (Å²) in [4.78, 5) is 7.01. The largest absolute Gasteiger partial charge is 0.356 e. The molecule has 0 amide bonds. The first-order valence-electron chi connectivity index (χ1n) is 9.68. The van der Waals surface area contributed by atoms with E-state index in [1.54, 1.807) is 0 Å². The zero-order valence-corrected chi connectivity index (χ0v) is 19.1. The second-order valence-corrected chi connectivity index (χ2v) is 8.85. The highest BCUT2D eigenvalue weighted by molar-refractivity contribution is 14.0. The summed E-state index contributed by atoms with van der Waals surface area (Å²) in [5.41, 5.74) is 0.902. The van der Waals surface area contributed by atoms with Crippen molar-refractivity contribution in [3.8, 4) is 0 Å². The highest BCUT2D eigenvalue weighted by Crippen LogP contribution is 2.42. The molecule has 2 aromatic rings. The molecule has 0 bridgehead atoms. The molecule has 2 aromatic heterocycles. The van der Waals surface area contributed by atoms with Crippen molar-refractivity contribution in [3.05, 3.63) is 30.2 Å². The smallest absolute Gasteiger partial charge is 0.193 e. The van der Waals surface area contributed by atoms with Gasteiger partial charge in [-0.15, -0.1) is 34.2 Å². The van der Waals surface area contributed by atoms with E-state index in [0.29, 0.717) is 4.75 Å². The first kappa shape index (κ1) is 20.7. The molecule has 1 aliphatic carbocycles. The van der Waals surface area contributed by atoms with Crippen LogP contribution in [0.2, 0.25) is 0 Å². The van der Waals surface area contributed by atoms with Gasteiger partial charge in [0.15, 0.2) is 11.6 Å².